The number of benzene rings is 2. The number of hydrogen-bond donors (Lipinski definition) is 2. The highest BCUT2D eigenvalue weighted by Gasteiger charge is 2.42. The summed E-state index contributed by atoms with van der Waals surface area (Å²) in [6.45, 7) is 0.269. The van der Waals surface area contributed by atoms with Crippen LogP contribution in [-0.4, -0.2) is 37.7 Å². The summed E-state index contributed by atoms with van der Waals surface area (Å²) in [7, 11) is 1.54. The predicted molar refractivity (Wildman–Crippen MR) is 102 cm³/mol. The van der Waals surface area contributed by atoms with E-state index in [2.05, 4.69) is 5.32 Å². The van der Waals surface area contributed by atoms with Crippen molar-refractivity contribution in [2.45, 2.75) is 24.9 Å². The van der Waals surface area contributed by atoms with Crippen LogP contribution in [0.25, 0.3) is 11.1 Å². The lowest BCUT2D eigenvalue weighted by Crippen LogP contribution is -2.50. The zero-order valence-electron chi connectivity index (χ0n) is 15.7. The molecule has 1 fully saturated rings. The van der Waals surface area contributed by atoms with E-state index in [4.69, 9.17) is 15.2 Å². The third-order valence-corrected chi connectivity index (χ3v) is 4.86. The van der Waals surface area contributed by atoms with E-state index in [-0.39, 0.29) is 18.3 Å². The number of rotatable bonds is 7. The topological polar surface area (TPSA) is 90.6 Å². The van der Waals surface area contributed by atoms with Gasteiger partial charge in [-0.1, -0.05) is 24.3 Å². The fourth-order valence-electron chi connectivity index (χ4n) is 3.46. The van der Waals surface area contributed by atoms with Crippen LogP contribution in [0.4, 0.5) is 4.39 Å². The molecule has 2 aromatic rings. The second-order valence-corrected chi connectivity index (χ2v) is 6.81. The second-order valence-electron chi connectivity index (χ2n) is 6.81. The quantitative estimate of drug-likeness (QED) is 0.763. The zero-order valence-corrected chi connectivity index (χ0v) is 15.7. The van der Waals surface area contributed by atoms with Crippen LogP contribution in [0.15, 0.2) is 42.5 Å². The highest BCUT2D eigenvalue weighted by molar-refractivity contribution is 5.89. The molecule has 3 rings (SSSR count). The van der Waals surface area contributed by atoms with Crippen LogP contribution in [-0.2, 0) is 20.7 Å². The molecule has 3 N–H and O–H groups in total. The minimum atomic E-state index is -1.01. The average Bonchev–Trinajstić information content (AvgIpc) is 3.16. The maximum Gasteiger partial charge on any atom is 0.253 e. The standard InChI is InChI=1S/C21H23FN2O4/c1-27-18-8-7-16(22)11-17(18)15-5-3-14(4-6-15)12-21(9-2-10-28-21)20(26)24-13-19(23)25/h3-8,11H,2,9-10,12-13H2,1H3,(H2,23,25)(H,24,26)/t21-/m1/s1. The highest BCUT2D eigenvalue weighted by Crippen LogP contribution is 2.33. The summed E-state index contributed by atoms with van der Waals surface area (Å²) < 4.78 is 24.7. The van der Waals surface area contributed by atoms with E-state index in [0.29, 0.717) is 30.8 Å². The van der Waals surface area contributed by atoms with Crippen LogP contribution in [0.1, 0.15) is 18.4 Å². The van der Waals surface area contributed by atoms with E-state index in [1.165, 1.54) is 19.2 Å². The van der Waals surface area contributed by atoms with Gasteiger partial charge in [0.15, 0.2) is 5.60 Å². The summed E-state index contributed by atoms with van der Waals surface area (Å²) in [5.74, 6) is -0.700. The van der Waals surface area contributed by atoms with Crippen LogP contribution in [0, 0.1) is 5.82 Å². The van der Waals surface area contributed by atoms with E-state index in [1.54, 1.807) is 6.07 Å². The van der Waals surface area contributed by atoms with Crippen molar-refractivity contribution in [3.63, 3.8) is 0 Å². The van der Waals surface area contributed by atoms with Gasteiger partial charge in [0, 0.05) is 18.6 Å². The van der Waals surface area contributed by atoms with E-state index in [9.17, 15) is 14.0 Å². The molecule has 0 unspecified atom stereocenters. The highest BCUT2D eigenvalue weighted by atomic mass is 19.1. The van der Waals surface area contributed by atoms with Gasteiger partial charge in [0.25, 0.3) is 5.91 Å². The van der Waals surface area contributed by atoms with Gasteiger partial charge >= 0.3 is 0 Å². The fourth-order valence-corrected chi connectivity index (χ4v) is 3.46. The summed E-state index contributed by atoms with van der Waals surface area (Å²) >= 11 is 0. The van der Waals surface area contributed by atoms with Crippen molar-refractivity contribution in [1.29, 1.82) is 0 Å². The molecule has 1 heterocycles. The van der Waals surface area contributed by atoms with Crippen LogP contribution in [0.5, 0.6) is 5.75 Å². The fraction of sp³-hybridized carbons (Fsp3) is 0.333. The smallest absolute Gasteiger partial charge is 0.253 e. The SMILES string of the molecule is COc1ccc(F)cc1-c1ccc(C[C@@]2(C(=O)NCC(N)=O)CCCO2)cc1. The lowest BCUT2D eigenvalue weighted by atomic mass is 9.89. The molecule has 1 atom stereocenters. The second kappa shape index (κ2) is 8.39. The van der Waals surface area contributed by atoms with Crippen molar-refractivity contribution in [2.75, 3.05) is 20.3 Å². The number of nitrogens with two attached hydrogens (primary N) is 1. The Bertz CT molecular complexity index is 861. The van der Waals surface area contributed by atoms with Crippen molar-refractivity contribution >= 4 is 11.8 Å². The minimum absolute atomic E-state index is 0.220. The molecule has 0 saturated carbocycles. The van der Waals surface area contributed by atoms with Gasteiger partial charge in [0.05, 0.1) is 13.7 Å². The van der Waals surface area contributed by atoms with E-state index in [1.807, 2.05) is 24.3 Å². The lowest BCUT2D eigenvalue weighted by molar-refractivity contribution is -0.142. The van der Waals surface area contributed by atoms with Crippen molar-refractivity contribution < 1.29 is 23.5 Å². The summed E-state index contributed by atoms with van der Waals surface area (Å²) in [4.78, 5) is 23.5. The molecule has 0 spiro atoms. The summed E-state index contributed by atoms with van der Waals surface area (Å²) in [6.07, 6.45) is 1.71. The normalized spacial score (nSPS) is 18.6. The van der Waals surface area contributed by atoms with Crippen molar-refractivity contribution in [1.82, 2.24) is 5.32 Å². The van der Waals surface area contributed by atoms with Crippen molar-refractivity contribution in [3.8, 4) is 16.9 Å². The van der Waals surface area contributed by atoms with E-state index < -0.39 is 11.5 Å². The number of amides is 2. The third kappa shape index (κ3) is 4.31. The Balaban J connectivity index is 1.80. The zero-order chi connectivity index (χ0) is 20.1. The molecule has 2 amide bonds. The van der Waals surface area contributed by atoms with Crippen LogP contribution in [0.2, 0.25) is 0 Å². The predicted octanol–water partition coefficient (Wildman–Crippen LogP) is 2.19. The third-order valence-electron chi connectivity index (χ3n) is 4.86. The molecule has 2 aromatic carbocycles. The van der Waals surface area contributed by atoms with E-state index in [0.717, 1.165) is 17.5 Å². The average molecular weight is 386 g/mol. The molecule has 6 nitrogen and oxygen atoms in total. The number of methoxy groups -OCH3 is 1. The molecular weight excluding hydrogens is 363 g/mol. The first-order chi connectivity index (χ1) is 13.4. The van der Waals surface area contributed by atoms with Gasteiger partial charge in [-0.25, -0.2) is 4.39 Å². The summed E-state index contributed by atoms with van der Waals surface area (Å²) in [6, 6.07) is 11.8. The van der Waals surface area contributed by atoms with Crippen LogP contribution < -0.4 is 15.8 Å². The number of hydrogen-bond acceptors (Lipinski definition) is 4. The summed E-state index contributed by atoms with van der Waals surface area (Å²) in [5.41, 5.74) is 6.46. The molecule has 148 valence electrons. The van der Waals surface area contributed by atoms with Crippen molar-refractivity contribution in [3.05, 3.63) is 53.8 Å². The molecule has 1 saturated heterocycles. The first-order valence-corrected chi connectivity index (χ1v) is 9.07. The van der Waals surface area contributed by atoms with Crippen LogP contribution >= 0.6 is 0 Å². The number of nitrogens with one attached hydrogen (secondary N) is 1. The Morgan fingerprint density at radius 3 is 2.61 bits per heavy atom. The Morgan fingerprint density at radius 2 is 2.00 bits per heavy atom. The number of carbonyl (C=O) groups is 2. The Labute approximate surface area is 162 Å². The van der Waals surface area contributed by atoms with Gasteiger partial charge < -0.3 is 20.5 Å². The number of primary amides is 1. The monoisotopic (exact) mass is 386 g/mol. The first kappa shape index (κ1) is 19.8. The minimum Gasteiger partial charge on any atom is -0.496 e. The molecule has 0 aliphatic carbocycles. The van der Waals surface area contributed by atoms with Gasteiger partial charge in [-0.05, 0) is 42.2 Å². The largest absolute Gasteiger partial charge is 0.496 e. The number of ether oxygens (including phenoxy) is 2. The molecule has 0 radical (unpaired) electrons. The van der Waals surface area contributed by atoms with Gasteiger partial charge in [0.1, 0.15) is 11.6 Å². The van der Waals surface area contributed by atoms with E-state index >= 15 is 0 Å². The molecule has 7 heteroatoms. The molecular formula is C21H23FN2O4. The van der Waals surface area contributed by atoms with Gasteiger partial charge in [0.2, 0.25) is 5.91 Å². The van der Waals surface area contributed by atoms with Gasteiger partial charge in [-0.15, -0.1) is 0 Å². The number of carbonyl (C=O) groups excluding carboxylic acids is 2. The Morgan fingerprint density at radius 1 is 1.25 bits per heavy atom. The Hall–Kier alpha value is -2.93. The maximum atomic E-state index is 13.6. The van der Waals surface area contributed by atoms with Crippen LogP contribution in [0.3, 0.4) is 0 Å². The maximum absolute atomic E-state index is 13.6. The molecule has 28 heavy (non-hydrogen) atoms. The van der Waals surface area contributed by atoms with Gasteiger partial charge in [-0.3, -0.25) is 9.59 Å². The lowest BCUT2D eigenvalue weighted by Gasteiger charge is -2.27. The Kier molecular flexibility index (Phi) is 5.94. The van der Waals surface area contributed by atoms with Crippen molar-refractivity contribution in [2.24, 2.45) is 5.73 Å². The first-order valence-electron chi connectivity index (χ1n) is 9.07. The number of halogens is 1. The summed E-state index contributed by atoms with van der Waals surface area (Å²) in [5, 5.41) is 2.55. The molecule has 0 bridgehead atoms. The molecule has 1 aliphatic rings. The molecule has 1 aliphatic heterocycles. The molecule has 0 aromatic heterocycles. The van der Waals surface area contributed by atoms with Gasteiger partial charge in [-0.2, -0.15) is 0 Å².